The Labute approximate surface area is 247 Å². The molecule has 4 bridgehead atoms. The highest BCUT2D eigenvalue weighted by molar-refractivity contribution is 6.76. The monoisotopic (exact) mass is 596 g/mol. The van der Waals surface area contributed by atoms with Gasteiger partial charge in [-0.1, -0.05) is 66.7 Å². The standard InChI is InChI=1S/C32H56O8Si/c1-9-22(17-41(6,7)8)25-24(28(33)38-29(25)34)12-23(27(40-37)30(3,4)5)10-19(2)26(39-36)31-13-20-11-21(14-31)16-32(35,15-20)18-31/h19-27,35-37H,9-18H2,1-8H3. The van der Waals surface area contributed by atoms with Gasteiger partial charge < -0.3 is 9.84 Å². The van der Waals surface area contributed by atoms with Crippen molar-refractivity contribution in [2.45, 2.75) is 136 Å². The van der Waals surface area contributed by atoms with Crippen molar-refractivity contribution in [2.24, 2.45) is 52.3 Å². The van der Waals surface area contributed by atoms with Gasteiger partial charge in [0.05, 0.1) is 17.4 Å². The number of carbonyl (C=O) groups excluding carboxylic acids is 2. The van der Waals surface area contributed by atoms with E-state index in [0.717, 1.165) is 44.6 Å². The summed E-state index contributed by atoms with van der Waals surface area (Å²) >= 11 is 0. The molecule has 4 saturated carbocycles. The Bertz CT molecular complexity index is 940. The molecule has 0 radical (unpaired) electrons. The number of aliphatic hydroxyl groups is 1. The van der Waals surface area contributed by atoms with E-state index in [1.807, 2.05) is 20.8 Å². The van der Waals surface area contributed by atoms with Crippen molar-refractivity contribution in [1.29, 1.82) is 0 Å². The van der Waals surface area contributed by atoms with Crippen molar-refractivity contribution in [3.05, 3.63) is 0 Å². The molecule has 0 aromatic carbocycles. The van der Waals surface area contributed by atoms with Gasteiger partial charge in [-0.25, -0.2) is 9.78 Å². The van der Waals surface area contributed by atoms with Gasteiger partial charge in [0.15, 0.2) is 0 Å². The van der Waals surface area contributed by atoms with Crippen molar-refractivity contribution in [1.82, 2.24) is 0 Å². The lowest BCUT2D eigenvalue weighted by atomic mass is 9.45. The molecule has 3 N–H and O–H groups in total. The second-order valence-corrected chi connectivity index (χ2v) is 22.5. The first kappa shape index (κ1) is 33.1. The van der Waals surface area contributed by atoms with Gasteiger partial charge in [0.2, 0.25) is 0 Å². The second-order valence-electron chi connectivity index (χ2n) is 17.0. The van der Waals surface area contributed by atoms with Crippen LogP contribution < -0.4 is 0 Å². The summed E-state index contributed by atoms with van der Waals surface area (Å²) in [5.74, 6) is -1.48. The summed E-state index contributed by atoms with van der Waals surface area (Å²) in [5, 5.41) is 31.9. The summed E-state index contributed by atoms with van der Waals surface area (Å²) in [6, 6.07) is 0.932. The highest BCUT2D eigenvalue weighted by atomic mass is 28.3. The van der Waals surface area contributed by atoms with E-state index in [0.29, 0.717) is 31.1 Å². The van der Waals surface area contributed by atoms with Gasteiger partial charge >= 0.3 is 11.9 Å². The number of rotatable bonds is 13. The normalized spacial score (nSPS) is 37.1. The molecule has 236 valence electrons. The summed E-state index contributed by atoms with van der Waals surface area (Å²) in [7, 11) is -1.52. The van der Waals surface area contributed by atoms with Gasteiger partial charge in [0, 0.05) is 13.5 Å². The maximum Gasteiger partial charge on any atom is 0.317 e. The van der Waals surface area contributed by atoms with Crippen LogP contribution in [0.1, 0.15) is 92.4 Å². The van der Waals surface area contributed by atoms with Gasteiger partial charge in [-0.2, -0.15) is 0 Å². The van der Waals surface area contributed by atoms with Crippen molar-refractivity contribution in [3.8, 4) is 0 Å². The summed E-state index contributed by atoms with van der Waals surface area (Å²) in [6.45, 7) is 17.0. The first-order valence-corrected chi connectivity index (χ1v) is 19.7. The minimum Gasteiger partial charge on any atom is -0.393 e. The fraction of sp³-hybridized carbons (Fsp3) is 0.938. The number of carbonyl (C=O) groups is 2. The van der Waals surface area contributed by atoms with Crippen LogP contribution in [0.25, 0.3) is 0 Å². The van der Waals surface area contributed by atoms with Crippen LogP contribution in [0.3, 0.4) is 0 Å². The SMILES string of the molecule is CCC(C[Si](C)(C)C)C1C(=O)OC(=O)C1CC(CC(C)C(OO)C12CC3CC(CC(O)(C3)C1)C2)C(OO)C(C)(C)C. The molecule has 0 amide bonds. The molecule has 8 nitrogen and oxygen atoms in total. The molecular weight excluding hydrogens is 540 g/mol. The van der Waals surface area contributed by atoms with E-state index in [9.17, 15) is 25.2 Å². The lowest BCUT2D eigenvalue weighted by molar-refractivity contribution is -0.343. The van der Waals surface area contributed by atoms with Crippen LogP contribution >= 0.6 is 0 Å². The zero-order valence-corrected chi connectivity index (χ0v) is 27.7. The third kappa shape index (κ3) is 6.96. The smallest absolute Gasteiger partial charge is 0.317 e. The molecule has 1 heterocycles. The molecule has 1 aliphatic heterocycles. The number of hydrogen-bond donors (Lipinski definition) is 3. The Morgan fingerprint density at radius 2 is 1.63 bits per heavy atom. The molecule has 1 saturated heterocycles. The fourth-order valence-corrected chi connectivity index (χ4v) is 12.4. The van der Waals surface area contributed by atoms with E-state index in [1.165, 1.54) is 0 Å². The quantitative estimate of drug-likeness (QED) is 0.0698. The van der Waals surface area contributed by atoms with Crippen LogP contribution in [0, 0.1) is 52.3 Å². The molecular formula is C32H56O8Si. The lowest BCUT2D eigenvalue weighted by Crippen LogP contribution is -2.60. The molecule has 9 atom stereocenters. The third-order valence-electron chi connectivity index (χ3n) is 11.1. The summed E-state index contributed by atoms with van der Waals surface area (Å²) in [6.07, 6.45) is 5.89. The van der Waals surface area contributed by atoms with E-state index in [1.54, 1.807) is 0 Å². The van der Waals surface area contributed by atoms with Crippen LogP contribution in [-0.2, 0) is 24.1 Å². The maximum atomic E-state index is 13.2. The van der Waals surface area contributed by atoms with Crippen molar-refractivity contribution in [3.63, 3.8) is 0 Å². The molecule has 9 unspecified atom stereocenters. The minimum atomic E-state index is -1.52. The first-order valence-electron chi connectivity index (χ1n) is 16.0. The Morgan fingerprint density at radius 1 is 1.02 bits per heavy atom. The van der Waals surface area contributed by atoms with Gasteiger partial charge in [0.25, 0.3) is 0 Å². The Hall–Kier alpha value is -0.843. The van der Waals surface area contributed by atoms with Crippen LogP contribution in [0.4, 0.5) is 0 Å². The van der Waals surface area contributed by atoms with Crippen LogP contribution in [0.15, 0.2) is 0 Å². The van der Waals surface area contributed by atoms with E-state index in [2.05, 4.69) is 33.5 Å². The molecule has 0 spiro atoms. The van der Waals surface area contributed by atoms with Gasteiger partial charge in [0.1, 0.15) is 12.2 Å². The largest absolute Gasteiger partial charge is 0.393 e. The summed E-state index contributed by atoms with van der Waals surface area (Å²) in [5.41, 5.74) is -1.44. The van der Waals surface area contributed by atoms with E-state index >= 15 is 0 Å². The van der Waals surface area contributed by atoms with Gasteiger partial charge in [-0.3, -0.25) is 20.1 Å². The van der Waals surface area contributed by atoms with E-state index in [-0.39, 0.29) is 23.2 Å². The summed E-state index contributed by atoms with van der Waals surface area (Å²) in [4.78, 5) is 36.8. The fourth-order valence-electron chi connectivity index (χ4n) is 10.3. The highest BCUT2D eigenvalue weighted by Gasteiger charge is 2.61. The van der Waals surface area contributed by atoms with Gasteiger partial charge in [-0.05, 0) is 86.4 Å². The first-order chi connectivity index (χ1) is 18.9. The predicted molar refractivity (Wildman–Crippen MR) is 158 cm³/mol. The Balaban J connectivity index is 1.61. The third-order valence-corrected chi connectivity index (χ3v) is 12.8. The molecule has 0 aromatic rings. The number of esters is 2. The lowest BCUT2D eigenvalue weighted by Gasteiger charge is -2.62. The van der Waals surface area contributed by atoms with E-state index in [4.69, 9.17) is 14.5 Å². The number of cyclic esters (lactones) is 2. The van der Waals surface area contributed by atoms with Gasteiger partial charge in [-0.15, -0.1) is 0 Å². The van der Waals surface area contributed by atoms with Crippen LogP contribution in [-0.4, -0.2) is 53.4 Å². The minimum absolute atomic E-state index is 0.0631. The summed E-state index contributed by atoms with van der Waals surface area (Å²) < 4.78 is 5.27. The van der Waals surface area contributed by atoms with Crippen molar-refractivity contribution in [2.75, 3.05) is 0 Å². The number of hydrogen-bond acceptors (Lipinski definition) is 8. The average molecular weight is 597 g/mol. The van der Waals surface area contributed by atoms with Crippen LogP contribution in [0.2, 0.25) is 25.7 Å². The zero-order chi connectivity index (χ0) is 30.5. The van der Waals surface area contributed by atoms with E-state index < -0.39 is 55.1 Å². The Morgan fingerprint density at radius 3 is 2.10 bits per heavy atom. The number of ether oxygens (including phenoxy) is 1. The molecule has 4 aliphatic carbocycles. The second kappa shape index (κ2) is 11.9. The highest BCUT2D eigenvalue weighted by Crippen LogP contribution is 2.64. The molecule has 0 aromatic heterocycles. The van der Waals surface area contributed by atoms with Crippen LogP contribution in [0.5, 0.6) is 0 Å². The molecule has 5 aliphatic rings. The predicted octanol–water partition coefficient (Wildman–Crippen LogP) is 6.79. The molecule has 5 rings (SSSR count). The topological polar surface area (TPSA) is 123 Å². The molecule has 9 heteroatoms. The maximum absolute atomic E-state index is 13.2. The Kier molecular flexibility index (Phi) is 9.61. The van der Waals surface area contributed by atoms with Crippen molar-refractivity contribution < 1.29 is 39.7 Å². The molecule has 41 heavy (non-hydrogen) atoms. The average Bonchev–Trinajstić information content (AvgIpc) is 3.07. The molecule has 5 fully saturated rings. The zero-order valence-electron chi connectivity index (χ0n) is 26.7. The van der Waals surface area contributed by atoms with Crippen molar-refractivity contribution >= 4 is 20.0 Å².